The smallest absolute Gasteiger partial charge is 0.269 e. The lowest BCUT2D eigenvalue weighted by Crippen LogP contribution is -2.42. The predicted octanol–water partition coefficient (Wildman–Crippen LogP) is 3.95. The first-order valence-electron chi connectivity index (χ1n) is 8.20. The molecule has 0 radical (unpaired) electrons. The quantitative estimate of drug-likeness (QED) is 0.705. The van der Waals surface area contributed by atoms with Crippen molar-refractivity contribution < 1.29 is 9.59 Å². The Morgan fingerprint density at radius 3 is 2.67 bits per heavy atom. The van der Waals surface area contributed by atoms with Crippen LogP contribution >= 0.6 is 22.9 Å². The largest absolute Gasteiger partial charge is 0.322 e. The van der Waals surface area contributed by atoms with Gasteiger partial charge in [0.25, 0.3) is 11.8 Å². The number of amides is 2. The lowest BCUT2D eigenvalue weighted by atomic mass is 10.0. The molecule has 0 bridgehead atoms. The Balaban J connectivity index is 1.78. The van der Waals surface area contributed by atoms with Gasteiger partial charge in [0.2, 0.25) is 6.17 Å². The molecule has 3 aromatic rings. The summed E-state index contributed by atoms with van der Waals surface area (Å²) in [6, 6.07) is 18.2. The molecule has 4 rings (SSSR count). The van der Waals surface area contributed by atoms with Crippen molar-refractivity contribution >= 4 is 46.2 Å². The van der Waals surface area contributed by atoms with E-state index < -0.39 is 12.1 Å². The summed E-state index contributed by atoms with van der Waals surface area (Å²) in [5.41, 5.74) is 2.71. The monoisotopic (exact) mass is 395 g/mol. The molecule has 2 heterocycles. The molecule has 2 aromatic carbocycles. The Labute approximate surface area is 164 Å². The molecule has 1 atom stereocenters. The predicted molar refractivity (Wildman–Crippen MR) is 108 cm³/mol. The number of anilines is 1. The van der Waals surface area contributed by atoms with Gasteiger partial charge in [-0.25, -0.2) is 4.99 Å². The van der Waals surface area contributed by atoms with Crippen LogP contribution in [-0.2, 0) is 4.79 Å². The van der Waals surface area contributed by atoms with Gasteiger partial charge in [-0.3, -0.25) is 9.59 Å². The summed E-state index contributed by atoms with van der Waals surface area (Å²) in [6.45, 7) is 0. The fourth-order valence-electron chi connectivity index (χ4n) is 2.81. The molecule has 0 saturated carbocycles. The zero-order chi connectivity index (χ0) is 18.8. The SMILES string of the molecule is O=C(NC1N=C(c2ccccc2)c2cc(Cl)ccc2NC1=O)c1cccs1. The number of thiophene rings is 1. The Morgan fingerprint density at radius 2 is 1.93 bits per heavy atom. The van der Waals surface area contributed by atoms with E-state index in [9.17, 15) is 9.59 Å². The number of fused-ring (bicyclic) bond motifs is 1. The summed E-state index contributed by atoms with van der Waals surface area (Å²) < 4.78 is 0. The van der Waals surface area contributed by atoms with Gasteiger partial charge in [0.05, 0.1) is 16.3 Å². The lowest BCUT2D eigenvalue weighted by molar-refractivity contribution is -0.117. The standard InChI is InChI=1S/C20H14ClN3O2S/c21-13-8-9-15-14(11-13)17(12-5-2-1-3-6-12)23-18(20(26)22-15)24-19(25)16-7-4-10-27-16/h1-11,18H,(H,22,26)(H,24,25). The van der Waals surface area contributed by atoms with E-state index in [0.717, 1.165) is 5.56 Å². The van der Waals surface area contributed by atoms with Gasteiger partial charge in [-0.15, -0.1) is 11.3 Å². The van der Waals surface area contributed by atoms with Crippen LogP contribution in [0.1, 0.15) is 20.8 Å². The van der Waals surface area contributed by atoms with Crippen LogP contribution < -0.4 is 10.6 Å². The van der Waals surface area contributed by atoms with Gasteiger partial charge in [0.1, 0.15) is 0 Å². The van der Waals surface area contributed by atoms with E-state index in [0.29, 0.717) is 26.9 Å². The van der Waals surface area contributed by atoms with E-state index in [2.05, 4.69) is 15.6 Å². The highest BCUT2D eigenvalue weighted by molar-refractivity contribution is 7.12. The van der Waals surface area contributed by atoms with Crippen molar-refractivity contribution in [2.24, 2.45) is 4.99 Å². The van der Waals surface area contributed by atoms with Gasteiger partial charge in [-0.1, -0.05) is 48.0 Å². The summed E-state index contributed by atoms with van der Waals surface area (Å²) in [5.74, 6) is -0.750. The minimum atomic E-state index is -1.05. The number of rotatable bonds is 3. The highest BCUT2D eigenvalue weighted by Crippen LogP contribution is 2.27. The van der Waals surface area contributed by atoms with Crippen LogP contribution in [0.25, 0.3) is 0 Å². The van der Waals surface area contributed by atoms with Gasteiger partial charge in [0.15, 0.2) is 0 Å². The molecule has 27 heavy (non-hydrogen) atoms. The van der Waals surface area contributed by atoms with E-state index in [1.807, 2.05) is 30.3 Å². The molecule has 1 aliphatic rings. The maximum Gasteiger partial charge on any atom is 0.269 e. The number of carbonyl (C=O) groups excluding carboxylic acids is 2. The minimum absolute atomic E-state index is 0.342. The molecule has 0 fully saturated rings. The van der Waals surface area contributed by atoms with Gasteiger partial charge < -0.3 is 10.6 Å². The number of halogens is 1. The summed E-state index contributed by atoms with van der Waals surface area (Å²) in [7, 11) is 0. The molecular formula is C20H14ClN3O2S. The normalized spacial score (nSPS) is 16.0. The fraction of sp³-hybridized carbons (Fsp3) is 0.0500. The molecule has 1 aliphatic heterocycles. The van der Waals surface area contributed by atoms with Crippen molar-refractivity contribution in [1.29, 1.82) is 0 Å². The maximum atomic E-state index is 12.7. The lowest BCUT2D eigenvalue weighted by Gasteiger charge is -2.12. The van der Waals surface area contributed by atoms with Crippen molar-refractivity contribution in [2.75, 3.05) is 5.32 Å². The third kappa shape index (κ3) is 3.63. The Morgan fingerprint density at radius 1 is 1.11 bits per heavy atom. The molecule has 2 N–H and O–H groups in total. The number of hydrogen-bond acceptors (Lipinski definition) is 4. The van der Waals surface area contributed by atoms with Gasteiger partial charge in [0, 0.05) is 16.1 Å². The van der Waals surface area contributed by atoms with Crippen molar-refractivity contribution in [1.82, 2.24) is 5.32 Å². The first-order chi connectivity index (χ1) is 13.1. The van der Waals surface area contributed by atoms with E-state index in [1.165, 1.54) is 11.3 Å². The van der Waals surface area contributed by atoms with Gasteiger partial charge in [-0.2, -0.15) is 0 Å². The minimum Gasteiger partial charge on any atom is -0.322 e. The maximum absolute atomic E-state index is 12.7. The molecule has 134 valence electrons. The molecule has 5 nitrogen and oxygen atoms in total. The van der Waals surface area contributed by atoms with E-state index in [-0.39, 0.29) is 5.91 Å². The Kier molecular flexibility index (Phi) is 4.75. The van der Waals surface area contributed by atoms with Crippen molar-refractivity contribution in [3.63, 3.8) is 0 Å². The summed E-state index contributed by atoms with van der Waals surface area (Å²) in [4.78, 5) is 30.2. The summed E-state index contributed by atoms with van der Waals surface area (Å²) in [6.07, 6.45) is -1.05. The average molecular weight is 396 g/mol. The second-order valence-electron chi connectivity index (χ2n) is 5.88. The zero-order valence-corrected chi connectivity index (χ0v) is 15.6. The van der Waals surface area contributed by atoms with Crippen LogP contribution in [0.4, 0.5) is 5.69 Å². The second-order valence-corrected chi connectivity index (χ2v) is 7.26. The fourth-order valence-corrected chi connectivity index (χ4v) is 3.61. The molecule has 1 unspecified atom stereocenters. The molecule has 0 spiro atoms. The third-order valence-electron chi connectivity index (χ3n) is 4.06. The zero-order valence-electron chi connectivity index (χ0n) is 14.0. The van der Waals surface area contributed by atoms with Crippen molar-refractivity contribution in [3.8, 4) is 0 Å². The average Bonchev–Trinajstić information content (AvgIpc) is 3.18. The molecule has 0 aliphatic carbocycles. The number of benzene rings is 2. The third-order valence-corrected chi connectivity index (χ3v) is 5.16. The van der Waals surface area contributed by atoms with E-state index in [4.69, 9.17) is 11.6 Å². The Bertz CT molecular complexity index is 1030. The van der Waals surface area contributed by atoms with Crippen LogP contribution in [0.3, 0.4) is 0 Å². The number of carbonyl (C=O) groups is 2. The summed E-state index contributed by atoms with van der Waals surface area (Å²) in [5, 5.41) is 7.86. The van der Waals surface area contributed by atoms with Crippen LogP contribution in [0.15, 0.2) is 71.0 Å². The highest BCUT2D eigenvalue weighted by Gasteiger charge is 2.27. The summed E-state index contributed by atoms with van der Waals surface area (Å²) >= 11 is 7.47. The molecule has 1 aromatic heterocycles. The van der Waals surface area contributed by atoms with Crippen LogP contribution in [-0.4, -0.2) is 23.7 Å². The first-order valence-corrected chi connectivity index (χ1v) is 9.46. The molecule has 0 saturated heterocycles. The molecule has 7 heteroatoms. The van der Waals surface area contributed by atoms with Crippen molar-refractivity contribution in [2.45, 2.75) is 6.17 Å². The number of nitrogens with zero attached hydrogens (tertiary/aromatic N) is 1. The van der Waals surface area contributed by atoms with Crippen molar-refractivity contribution in [3.05, 3.63) is 87.1 Å². The van der Waals surface area contributed by atoms with E-state index in [1.54, 1.807) is 35.7 Å². The van der Waals surface area contributed by atoms with Gasteiger partial charge >= 0.3 is 0 Å². The first kappa shape index (κ1) is 17.5. The number of benzodiazepines with no additional fused rings is 1. The van der Waals surface area contributed by atoms with Crippen LogP contribution in [0.2, 0.25) is 5.02 Å². The number of hydrogen-bond donors (Lipinski definition) is 2. The number of aliphatic imine (C=N–C) groups is 1. The molecular weight excluding hydrogens is 382 g/mol. The number of nitrogens with one attached hydrogen (secondary N) is 2. The van der Waals surface area contributed by atoms with Crippen LogP contribution in [0, 0.1) is 0 Å². The van der Waals surface area contributed by atoms with Crippen LogP contribution in [0.5, 0.6) is 0 Å². The van der Waals surface area contributed by atoms with Gasteiger partial charge in [-0.05, 0) is 29.6 Å². The highest BCUT2D eigenvalue weighted by atomic mass is 35.5. The Hall–Kier alpha value is -2.96. The second kappa shape index (κ2) is 7.34. The van der Waals surface area contributed by atoms with E-state index >= 15 is 0 Å². The molecule has 2 amide bonds. The topological polar surface area (TPSA) is 70.6 Å².